The molecule has 0 rings (SSSR count). The Hall–Kier alpha value is -1.94. The Morgan fingerprint density at radius 1 is 0.310 bits per heavy atom. The molecular weight excluding hydrogens is 1150 g/mol. The third kappa shape index (κ3) is 62.6. The van der Waals surface area contributed by atoms with Crippen LogP contribution in [0.2, 0.25) is 0 Å². The molecule has 0 bridgehead atoms. The second-order valence-corrected chi connectivity index (χ2v) is 27.9. The Bertz CT molecular complexity index is 1690. The second kappa shape index (κ2) is 61.6. The Kier molecular flexibility index (Phi) is 60.2. The quantitative estimate of drug-likeness (QED) is 0.0222. The fraction of sp³-hybridized carbons (Fsp3) is 0.941. The van der Waals surface area contributed by atoms with Gasteiger partial charge in [0.1, 0.15) is 19.3 Å². The molecule has 5 atom stereocenters. The Morgan fingerprint density at radius 2 is 0.529 bits per heavy atom. The number of phosphoric acid groups is 2. The highest BCUT2D eigenvalue weighted by molar-refractivity contribution is 7.47. The maximum atomic E-state index is 13.0. The zero-order chi connectivity index (χ0) is 64.2. The molecule has 19 heteroatoms. The molecule has 0 aliphatic carbocycles. The van der Waals surface area contributed by atoms with Crippen LogP contribution in [0.3, 0.4) is 0 Å². The predicted octanol–water partition coefficient (Wildman–Crippen LogP) is 19.4. The van der Waals surface area contributed by atoms with Gasteiger partial charge < -0.3 is 33.8 Å². The summed E-state index contributed by atoms with van der Waals surface area (Å²) >= 11 is 0. The molecule has 17 nitrogen and oxygen atoms in total. The maximum absolute atomic E-state index is 13.0. The molecule has 0 saturated carbocycles. The van der Waals surface area contributed by atoms with E-state index >= 15 is 0 Å². The smallest absolute Gasteiger partial charge is 0.462 e. The van der Waals surface area contributed by atoms with Crippen LogP contribution in [0.5, 0.6) is 0 Å². The van der Waals surface area contributed by atoms with Gasteiger partial charge in [0.2, 0.25) is 0 Å². The van der Waals surface area contributed by atoms with Crippen LogP contribution >= 0.6 is 15.6 Å². The van der Waals surface area contributed by atoms with Crippen molar-refractivity contribution < 1.29 is 80.2 Å². The lowest BCUT2D eigenvalue weighted by molar-refractivity contribution is -0.161. The van der Waals surface area contributed by atoms with Gasteiger partial charge in [-0.3, -0.25) is 37.3 Å². The normalized spacial score (nSPS) is 14.1. The van der Waals surface area contributed by atoms with Gasteiger partial charge in [-0.2, -0.15) is 0 Å². The van der Waals surface area contributed by atoms with E-state index in [9.17, 15) is 43.2 Å². The molecule has 0 aliphatic rings. The Labute approximate surface area is 530 Å². The number of ether oxygens (including phenoxy) is 4. The number of phosphoric ester groups is 2. The fourth-order valence-electron chi connectivity index (χ4n) is 10.3. The molecule has 0 spiro atoms. The molecular formula is C68H132O17P2. The summed E-state index contributed by atoms with van der Waals surface area (Å²) in [5, 5.41) is 10.5. The van der Waals surface area contributed by atoms with Gasteiger partial charge in [0, 0.05) is 25.7 Å². The topological polar surface area (TPSA) is 237 Å². The lowest BCUT2D eigenvalue weighted by Gasteiger charge is -2.21. The van der Waals surface area contributed by atoms with E-state index in [-0.39, 0.29) is 25.7 Å². The molecule has 516 valence electrons. The minimum absolute atomic E-state index is 0.105. The van der Waals surface area contributed by atoms with Gasteiger partial charge in [-0.15, -0.1) is 0 Å². The number of carbonyl (C=O) groups is 4. The zero-order valence-corrected chi connectivity index (χ0v) is 57.9. The SMILES string of the molecule is CCCCCCCCCCCCCCCCCCCCCCCC(=O)O[C@H](COC(=O)CCCCCCCCCCCC(C)C)COP(=O)(O)OC[C@@H](O)COP(=O)(O)OC[C@@H](COC(=O)CCCCCCC)OC(=O)CCCCCCCCCCC. The molecule has 0 radical (unpaired) electrons. The monoisotopic (exact) mass is 1280 g/mol. The molecule has 87 heavy (non-hydrogen) atoms. The summed E-state index contributed by atoms with van der Waals surface area (Å²) in [5.74, 6) is -1.40. The number of hydrogen-bond acceptors (Lipinski definition) is 15. The van der Waals surface area contributed by atoms with Crippen molar-refractivity contribution in [1.29, 1.82) is 0 Å². The molecule has 0 aromatic heterocycles. The lowest BCUT2D eigenvalue weighted by Crippen LogP contribution is -2.30. The summed E-state index contributed by atoms with van der Waals surface area (Å²) in [4.78, 5) is 72.1. The molecule has 0 aromatic carbocycles. The summed E-state index contributed by atoms with van der Waals surface area (Å²) < 4.78 is 67.9. The number of carbonyl (C=O) groups excluding carboxylic acids is 4. The van der Waals surface area contributed by atoms with Crippen molar-refractivity contribution >= 4 is 39.5 Å². The highest BCUT2D eigenvalue weighted by Gasteiger charge is 2.30. The predicted molar refractivity (Wildman–Crippen MR) is 349 cm³/mol. The van der Waals surface area contributed by atoms with Crippen molar-refractivity contribution in [2.24, 2.45) is 5.92 Å². The van der Waals surface area contributed by atoms with Crippen LogP contribution < -0.4 is 0 Å². The van der Waals surface area contributed by atoms with Crippen LogP contribution in [-0.2, 0) is 65.4 Å². The number of aliphatic hydroxyl groups excluding tert-OH is 1. The van der Waals surface area contributed by atoms with E-state index < -0.39 is 97.5 Å². The van der Waals surface area contributed by atoms with E-state index in [4.69, 9.17) is 37.0 Å². The van der Waals surface area contributed by atoms with Crippen molar-refractivity contribution in [1.82, 2.24) is 0 Å². The number of unbranched alkanes of at least 4 members (excludes halogenated alkanes) is 40. The highest BCUT2D eigenvalue weighted by Crippen LogP contribution is 2.45. The first-order chi connectivity index (χ1) is 42.0. The van der Waals surface area contributed by atoms with Crippen LogP contribution in [0.1, 0.15) is 349 Å². The van der Waals surface area contributed by atoms with E-state index in [1.165, 1.54) is 167 Å². The summed E-state index contributed by atoms with van der Waals surface area (Å²) in [6.07, 6.45) is 47.8. The zero-order valence-electron chi connectivity index (χ0n) is 56.2. The molecule has 0 saturated heterocycles. The van der Waals surface area contributed by atoms with E-state index in [1.54, 1.807) is 0 Å². The molecule has 2 unspecified atom stereocenters. The standard InChI is InChI=1S/C68H132O17P2/c1-6-9-12-15-17-19-20-21-22-23-24-25-26-27-28-29-30-34-39-44-49-54-68(73)85-64(58-79-66(71)52-47-42-37-35-31-33-36-41-45-50-61(4)5)60-83-87(76,77)81-56-62(69)55-80-86(74,75)82-59-63(57-78-65(70)51-46-40-14-11-8-3)84-67(72)53-48-43-38-32-18-16-13-10-7-2/h61-64,69H,6-60H2,1-5H3,(H,74,75)(H,76,77)/t62-,63+,64+/m0/s1. The number of rotatable bonds is 68. The van der Waals surface area contributed by atoms with Crippen LogP contribution in [0.25, 0.3) is 0 Å². The number of aliphatic hydroxyl groups is 1. The molecule has 0 aliphatic heterocycles. The Balaban J connectivity index is 5.09. The largest absolute Gasteiger partial charge is 0.472 e. The summed E-state index contributed by atoms with van der Waals surface area (Å²) in [7, 11) is -9.88. The van der Waals surface area contributed by atoms with Crippen LogP contribution in [0.4, 0.5) is 0 Å². The minimum Gasteiger partial charge on any atom is -0.462 e. The van der Waals surface area contributed by atoms with Gasteiger partial charge in [-0.25, -0.2) is 9.13 Å². The van der Waals surface area contributed by atoms with E-state index in [0.717, 1.165) is 102 Å². The van der Waals surface area contributed by atoms with Crippen LogP contribution in [-0.4, -0.2) is 96.7 Å². The number of esters is 4. The third-order valence-electron chi connectivity index (χ3n) is 15.8. The maximum Gasteiger partial charge on any atom is 0.472 e. The van der Waals surface area contributed by atoms with Gasteiger partial charge in [0.25, 0.3) is 0 Å². The van der Waals surface area contributed by atoms with Crippen molar-refractivity contribution in [2.75, 3.05) is 39.6 Å². The van der Waals surface area contributed by atoms with Gasteiger partial charge in [-0.1, -0.05) is 298 Å². The lowest BCUT2D eigenvalue weighted by atomic mass is 10.0. The summed E-state index contributed by atoms with van der Waals surface area (Å²) in [6, 6.07) is 0. The van der Waals surface area contributed by atoms with Crippen molar-refractivity contribution in [2.45, 2.75) is 368 Å². The highest BCUT2D eigenvalue weighted by atomic mass is 31.2. The molecule has 0 aromatic rings. The van der Waals surface area contributed by atoms with E-state index in [1.807, 2.05) is 0 Å². The first-order valence-electron chi connectivity index (χ1n) is 35.6. The van der Waals surface area contributed by atoms with Gasteiger partial charge >= 0.3 is 39.5 Å². The van der Waals surface area contributed by atoms with E-state index in [0.29, 0.717) is 25.7 Å². The van der Waals surface area contributed by atoms with Crippen LogP contribution in [0, 0.1) is 5.92 Å². The minimum atomic E-state index is -4.95. The average Bonchev–Trinajstić information content (AvgIpc) is 3.60. The first kappa shape index (κ1) is 85.1. The second-order valence-electron chi connectivity index (χ2n) is 25.0. The van der Waals surface area contributed by atoms with Gasteiger partial charge in [0.15, 0.2) is 12.2 Å². The summed E-state index contributed by atoms with van der Waals surface area (Å²) in [6.45, 7) is 7.10. The van der Waals surface area contributed by atoms with Crippen LogP contribution in [0.15, 0.2) is 0 Å². The molecule has 0 amide bonds. The Morgan fingerprint density at radius 3 is 0.782 bits per heavy atom. The third-order valence-corrected chi connectivity index (χ3v) is 17.7. The molecule has 0 heterocycles. The molecule has 3 N–H and O–H groups in total. The fourth-order valence-corrected chi connectivity index (χ4v) is 11.9. The van der Waals surface area contributed by atoms with E-state index in [2.05, 4.69) is 34.6 Å². The average molecular weight is 1280 g/mol. The van der Waals surface area contributed by atoms with Gasteiger partial charge in [-0.05, 0) is 31.6 Å². The van der Waals surface area contributed by atoms with Crippen molar-refractivity contribution in [3.05, 3.63) is 0 Å². The molecule has 0 fully saturated rings. The van der Waals surface area contributed by atoms with Crippen molar-refractivity contribution in [3.63, 3.8) is 0 Å². The number of hydrogen-bond donors (Lipinski definition) is 3. The first-order valence-corrected chi connectivity index (χ1v) is 38.6. The van der Waals surface area contributed by atoms with Gasteiger partial charge in [0.05, 0.1) is 26.4 Å². The summed E-state index contributed by atoms with van der Waals surface area (Å²) in [5.41, 5.74) is 0. The van der Waals surface area contributed by atoms with Crippen molar-refractivity contribution in [3.8, 4) is 0 Å².